The SMILES string of the molecule is COc1ccc(N2CC(C(=O)Nc3nnc(SCC=Cc4ccccc4)s3)CC2=O)cc1. The van der Waals surface area contributed by atoms with E-state index in [-0.39, 0.29) is 18.2 Å². The maximum absolute atomic E-state index is 12.7. The third-order valence-corrected chi connectivity index (χ3v) is 6.85. The van der Waals surface area contributed by atoms with E-state index in [2.05, 4.69) is 27.7 Å². The molecular formula is C23H22N4O3S2. The Bertz CT molecular complexity index is 1100. The second-order valence-corrected chi connectivity index (χ2v) is 9.33. The summed E-state index contributed by atoms with van der Waals surface area (Å²) in [6, 6.07) is 17.3. The lowest BCUT2D eigenvalue weighted by atomic mass is 10.1. The molecule has 1 unspecified atom stereocenters. The van der Waals surface area contributed by atoms with Crippen molar-refractivity contribution in [1.29, 1.82) is 0 Å². The van der Waals surface area contributed by atoms with Crippen LogP contribution in [0.4, 0.5) is 10.8 Å². The normalized spacial score (nSPS) is 16.0. The van der Waals surface area contributed by atoms with Gasteiger partial charge in [-0.25, -0.2) is 0 Å². The maximum Gasteiger partial charge on any atom is 0.231 e. The van der Waals surface area contributed by atoms with Crippen LogP contribution >= 0.6 is 23.1 Å². The van der Waals surface area contributed by atoms with Gasteiger partial charge in [0.25, 0.3) is 0 Å². The van der Waals surface area contributed by atoms with Crippen LogP contribution in [-0.4, -0.2) is 41.4 Å². The fourth-order valence-electron chi connectivity index (χ4n) is 3.29. The van der Waals surface area contributed by atoms with E-state index in [1.54, 1.807) is 35.9 Å². The molecule has 0 radical (unpaired) electrons. The van der Waals surface area contributed by atoms with Gasteiger partial charge in [0, 0.05) is 24.4 Å². The molecule has 1 N–H and O–H groups in total. The lowest BCUT2D eigenvalue weighted by molar-refractivity contribution is -0.122. The minimum absolute atomic E-state index is 0.0750. The van der Waals surface area contributed by atoms with Crippen LogP contribution in [0.5, 0.6) is 5.75 Å². The summed E-state index contributed by atoms with van der Waals surface area (Å²) in [5, 5.41) is 11.4. The lowest BCUT2D eigenvalue weighted by Gasteiger charge is -2.16. The van der Waals surface area contributed by atoms with Gasteiger partial charge in [-0.3, -0.25) is 9.59 Å². The van der Waals surface area contributed by atoms with Crippen LogP contribution in [0.2, 0.25) is 0 Å². The van der Waals surface area contributed by atoms with Crippen molar-refractivity contribution < 1.29 is 14.3 Å². The van der Waals surface area contributed by atoms with Crippen molar-refractivity contribution in [3.63, 3.8) is 0 Å². The predicted molar refractivity (Wildman–Crippen MR) is 128 cm³/mol. The minimum Gasteiger partial charge on any atom is -0.497 e. The van der Waals surface area contributed by atoms with E-state index in [4.69, 9.17) is 4.74 Å². The zero-order valence-corrected chi connectivity index (χ0v) is 19.1. The van der Waals surface area contributed by atoms with Crippen molar-refractivity contribution in [1.82, 2.24) is 10.2 Å². The van der Waals surface area contributed by atoms with Crippen molar-refractivity contribution in [3.8, 4) is 5.75 Å². The third kappa shape index (κ3) is 5.54. The first-order chi connectivity index (χ1) is 15.6. The van der Waals surface area contributed by atoms with Crippen LogP contribution in [0.15, 0.2) is 65.0 Å². The topological polar surface area (TPSA) is 84.4 Å². The van der Waals surface area contributed by atoms with E-state index in [0.717, 1.165) is 27.1 Å². The van der Waals surface area contributed by atoms with Gasteiger partial charge in [-0.05, 0) is 29.8 Å². The molecule has 9 heteroatoms. The highest BCUT2D eigenvalue weighted by Crippen LogP contribution is 2.29. The fraction of sp³-hybridized carbons (Fsp3) is 0.217. The Hall–Kier alpha value is -3.17. The highest BCUT2D eigenvalue weighted by atomic mass is 32.2. The van der Waals surface area contributed by atoms with Crippen LogP contribution in [-0.2, 0) is 9.59 Å². The highest BCUT2D eigenvalue weighted by Gasteiger charge is 2.35. The molecule has 32 heavy (non-hydrogen) atoms. The van der Waals surface area contributed by atoms with Gasteiger partial charge >= 0.3 is 0 Å². The zero-order chi connectivity index (χ0) is 22.3. The maximum atomic E-state index is 12.7. The van der Waals surface area contributed by atoms with Crippen molar-refractivity contribution in [2.75, 3.05) is 29.6 Å². The smallest absolute Gasteiger partial charge is 0.231 e. The number of rotatable bonds is 8. The molecular weight excluding hydrogens is 444 g/mol. The summed E-state index contributed by atoms with van der Waals surface area (Å²) in [4.78, 5) is 26.7. The Kier molecular flexibility index (Phi) is 7.18. The van der Waals surface area contributed by atoms with Crippen LogP contribution in [0.3, 0.4) is 0 Å². The summed E-state index contributed by atoms with van der Waals surface area (Å²) < 4.78 is 5.93. The molecule has 3 aromatic rings. The summed E-state index contributed by atoms with van der Waals surface area (Å²) in [7, 11) is 1.59. The van der Waals surface area contributed by atoms with Crippen LogP contribution in [0.25, 0.3) is 6.08 Å². The molecule has 0 aliphatic carbocycles. The summed E-state index contributed by atoms with van der Waals surface area (Å²) in [5.41, 5.74) is 1.90. The molecule has 1 atom stereocenters. The molecule has 1 aliphatic heterocycles. The molecule has 1 aliphatic rings. The lowest BCUT2D eigenvalue weighted by Crippen LogP contribution is -2.28. The third-order valence-electron chi connectivity index (χ3n) is 4.93. The summed E-state index contributed by atoms with van der Waals surface area (Å²) in [6.07, 6.45) is 4.29. The van der Waals surface area contributed by atoms with Crippen molar-refractivity contribution in [2.45, 2.75) is 10.8 Å². The van der Waals surface area contributed by atoms with Gasteiger partial charge in [0.2, 0.25) is 16.9 Å². The number of hydrogen-bond donors (Lipinski definition) is 1. The number of ether oxygens (including phenoxy) is 1. The quantitative estimate of drug-likeness (QED) is 0.393. The molecule has 1 saturated heterocycles. The van der Waals surface area contributed by atoms with Gasteiger partial charge in [-0.15, -0.1) is 10.2 Å². The molecule has 0 bridgehead atoms. The number of carbonyl (C=O) groups is 2. The average Bonchev–Trinajstić information content (AvgIpc) is 3.44. The Balaban J connectivity index is 1.28. The van der Waals surface area contributed by atoms with E-state index in [1.807, 2.05) is 42.5 Å². The molecule has 0 saturated carbocycles. The molecule has 7 nitrogen and oxygen atoms in total. The summed E-state index contributed by atoms with van der Waals surface area (Å²) in [6.45, 7) is 0.335. The number of thioether (sulfide) groups is 1. The van der Waals surface area contributed by atoms with Crippen molar-refractivity contribution in [3.05, 3.63) is 66.2 Å². The van der Waals surface area contributed by atoms with Gasteiger partial charge in [0.05, 0.1) is 13.0 Å². The van der Waals surface area contributed by atoms with E-state index in [1.165, 1.54) is 11.3 Å². The number of nitrogens with zero attached hydrogens (tertiary/aromatic N) is 3. The first kappa shape index (κ1) is 22.0. The summed E-state index contributed by atoms with van der Waals surface area (Å²) in [5.74, 6) is 0.750. The predicted octanol–water partition coefficient (Wildman–Crippen LogP) is 4.34. The molecule has 2 amide bonds. The number of nitrogens with one attached hydrogen (secondary N) is 1. The monoisotopic (exact) mass is 466 g/mol. The molecule has 2 aromatic carbocycles. The second-order valence-electron chi connectivity index (χ2n) is 7.09. The van der Waals surface area contributed by atoms with E-state index < -0.39 is 5.92 Å². The largest absolute Gasteiger partial charge is 0.497 e. The fourth-order valence-corrected chi connectivity index (χ4v) is 4.88. The first-order valence-corrected chi connectivity index (χ1v) is 11.9. The first-order valence-electron chi connectivity index (χ1n) is 10.1. The number of carbonyl (C=O) groups excluding carboxylic acids is 2. The number of anilines is 2. The molecule has 164 valence electrons. The zero-order valence-electron chi connectivity index (χ0n) is 17.4. The van der Waals surface area contributed by atoms with Crippen LogP contribution < -0.4 is 15.0 Å². The average molecular weight is 467 g/mol. The highest BCUT2D eigenvalue weighted by molar-refractivity contribution is 8.01. The van der Waals surface area contributed by atoms with Gasteiger partial charge in [-0.2, -0.15) is 0 Å². The number of benzene rings is 2. The van der Waals surface area contributed by atoms with Crippen LogP contribution in [0, 0.1) is 5.92 Å². The van der Waals surface area contributed by atoms with E-state index in [0.29, 0.717) is 11.7 Å². The minimum atomic E-state index is -0.432. The van der Waals surface area contributed by atoms with Gasteiger partial charge in [-0.1, -0.05) is 65.6 Å². The molecule has 4 rings (SSSR count). The van der Waals surface area contributed by atoms with E-state index in [9.17, 15) is 9.59 Å². The van der Waals surface area contributed by atoms with E-state index >= 15 is 0 Å². The Labute approximate surface area is 194 Å². The number of hydrogen-bond acceptors (Lipinski definition) is 7. The second kappa shape index (κ2) is 10.4. The summed E-state index contributed by atoms with van der Waals surface area (Å²) >= 11 is 2.89. The number of methoxy groups -OCH3 is 1. The Morgan fingerprint density at radius 1 is 1.22 bits per heavy atom. The Morgan fingerprint density at radius 3 is 2.75 bits per heavy atom. The van der Waals surface area contributed by atoms with Gasteiger partial charge < -0.3 is 15.0 Å². The van der Waals surface area contributed by atoms with Crippen molar-refractivity contribution >= 4 is 51.8 Å². The number of amides is 2. The van der Waals surface area contributed by atoms with Crippen molar-refractivity contribution in [2.24, 2.45) is 5.92 Å². The molecule has 0 spiro atoms. The molecule has 2 heterocycles. The molecule has 1 fully saturated rings. The molecule has 1 aromatic heterocycles. The van der Waals surface area contributed by atoms with Gasteiger partial charge in [0.15, 0.2) is 4.34 Å². The van der Waals surface area contributed by atoms with Crippen LogP contribution in [0.1, 0.15) is 12.0 Å². The Morgan fingerprint density at radius 2 is 2.00 bits per heavy atom. The standard InChI is InChI=1S/C23H22N4O3S2/c1-30-19-11-9-18(10-12-19)27-15-17(14-20(27)28)21(29)24-22-25-26-23(32-22)31-13-5-8-16-6-3-2-4-7-16/h2-12,17H,13-15H2,1H3,(H,24,25,29). The van der Waals surface area contributed by atoms with Gasteiger partial charge in [0.1, 0.15) is 5.75 Å². The number of aromatic nitrogens is 2.